The van der Waals surface area contributed by atoms with Crippen LogP contribution in [0.2, 0.25) is 0 Å². The normalized spacial score (nSPS) is 13.8. The Morgan fingerprint density at radius 1 is 0.481 bits per heavy atom. The van der Waals surface area contributed by atoms with E-state index in [2.05, 4.69) is 128 Å². The molecule has 8 nitrogen and oxygen atoms in total. The van der Waals surface area contributed by atoms with Gasteiger partial charge >= 0.3 is 19.8 Å². The number of esters is 2. The van der Waals surface area contributed by atoms with Crippen LogP contribution in [0.5, 0.6) is 0 Å². The first-order chi connectivity index (χ1) is 26.3. The van der Waals surface area contributed by atoms with Crippen LogP contribution in [0.3, 0.4) is 0 Å². The maximum Gasteiger partial charge on any atom is 0.469 e. The molecule has 302 valence electrons. The Kier molecular flexibility index (Phi) is 36.6. The second kappa shape index (κ2) is 39.2. The van der Waals surface area contributed by atoms with Crippen molar-refractivity contribution in [3.05, 3.63) is 122 Å². The molecule has 0 aromatic rings. The number of ether oxygens (including phenoxy) is 2. The van der Waals surface area contributed by atoms with Crippen molar-refractivity contribution in [1.82, 2.24) is 0 Å². The molecule has 0 rings (SSSR count). The molecule has 0 fully saturated rings. The molecule has 0 aromatic carbocycles. The largest absolute Gasteiger partial charge is 0.469 e. The molecule has 2 N–H and O–H groups in total. The van der Waals surface area contributed by atoms with Crippen LogP contribution in [0.4, 0.5) is 0 Å². The van der Waals surface area contributed by atoms with E-state index in [4.69, 9.17) is 19.3 Å². The number of hydrogen-bond donors (Lipinski definition) is 2. The summed E-state index contributed by atoms with van der Waals surface area (Å²) in [7, 11) is -4.79. The summed E-state index contributed by atoms with van der Waals surface area (Å²) in [5, 5.41) is 0. The molecule has 0 saturated carbocycles. The van der Waals surface area contributed by atoms with Crippen molar-refractivity contribution in [3.8, 4) is 0 Å². The maximum absolute atomic E-state index is 12.4. The van der Waals surface area contributed by atoms with E-state index in [1.807, 2.05) is 12.2 Å². The summed E-state index contributed by atoms with van der Waals surface area (Å²) in [6.07, 6.45) is 56.4. The molecular formula is C45H69O8P. The second-order valence-electron chi connectivity index (χ2n) is 12.5. The van der Waals surface area contributed by atoms with Gasteiger partial charge in [0.25, 0.3) is 0 Å². The summed E-state index contributed by atoms with van der Waals surface area (Å²) in [6.45, 7) is 3.34. The number of hydrogen-bond acceptors (Lipinski definition) is 6. The lowest BCUT2D eigenvalue weighted by Crippen LogP contribution is -2.29. The van der Waals surface area contributed by atoms with Gasteiger partial charge in [0.15, 0.2) is 6.10 Å². The Labute approximate surface area is 327 Å². The lowest BCUT2D eigenvalue weighted by molar-refractivity contribution is -0.161. The summed E-state index contributed by atoms with van der Waals surface area (Å²) < 4.78 is 26.3. The molecule has 0 saturated heterocycles. The van der Waals surface area contributed by atoms with Crippen LogP contribution in [0.25, 0.3) is 0 Å². The first kappa shape index (κ1) is 50.5. The molecule has 0 aromatic heterocycles. The van der Waals surface area contributed by atoms with E-state index in [1.54, 1.807) is 0 Å². The van der Waals surface area contributed by atoms with Crippen LogP contribution in [-0.4, -0.2) is 41.0 Å². The average molecular weight is 769 g/mol. The van der Waals surface area contributed by atoms with Crippen LogP contribution in [-0.2, 0) is 28.2 Å². The van der Waals surface area contributed by atoms with E-state index in [-0.39, 0.29) is 19.4 Å². The molecule has 0 bridgehead atoms. The predicted octanol–water partition coefficient (Wildman–Crippen LogP) is 12.2. The van der Waals surface area contributed by atoms with Crippen LogP contribution >= 0.6 is 7.82 Å². The summed E-state index contributed by atoms with van der Waals surface area (Å²) in [4.78, 5) is 42.8. The molecule has 0 unspecified atom stereocenters. The molecule has 0 spiro atoms. The van der Waals surface area contributed by atoms with Gasteiger partial charge in [-0.3, -0.25) is 14.1 Å². The summed E-state index contributed by atoms with van der Waals surface area (Å²) in [6, 6.07) is 0. The Morgan fingerprint density at radius 2 is 0.870 bits per heavy atom. The average Bonchev–Trinajstić information content (AvgIpc) is 3.14. The van der Waals surface area contributed by atoms with Gasteiger partial charge < -0.3 is 19.3 Å². The van der Waals surface area contributed by atoms with Gasteiger partial charge in [-0.1, -0.05) is 148 Å². The van der Waals surface area contributed by atoms with Crippen molar-refractivity contribution in [2.75, 3.05) is 13.2 Å². The highest BCUT2D eigenvalue weighted by molar-refractivity contribution is 7.46. The smallest absolute Gasteiger partial charge is 0.462 e. The lowest BCUT2D eigenvalue weighted by Gasteiger charge is -2.18. The van der Waals surface area contributed by atoms with Crippen molar-refractivity contribution >= 4 is 19.8 Å². The summed E-state index contributed by atoms with van der Waals surface area (Å²) in [5.74, 6) is -1.03. The fraction of sp³-hybridized carbons (Fsp3) is 0.511. The minimum absolute atomic E-state index is 0.128. The fourth-order valence-electron chi connectivity index (χ4n) is 4.62. The Bertz CT molecular complexity index is 1280. The van der Waals surface area contributed by atoms with Crippen molar-refractivity contribution in [3.63, 3.8) is 0 Å². The zero-order chi connectivity index (χ0) is 39.6. The van der Waals surface area contributed by atoms with Crippen molar-refractivity contribution in [2.45, 2.75) is 136 Å². The van der Waals surface area contributed by atoms with Crippen LogP contribution < -0.4 is 0 Å². The van der Waals surface area contributed by atoms with Gasteiger partial charge in [0, 0.05) is 12.8 Å². The fourth-order valence-corrected chi connectivity index (χ4v) is 4.98. The second-order valence-corrected chi connectivity index (χ2v) is 13.7. The third-order valence-electron chi connectivity index (χ3n) is 7.49. The zero-order valence-corrected chi connectivity index (χ0v) is 34.0. The van der Waals surface area contributed by atoms with E-state index < -0.39 is 32.5 Å². The molecule has 1 atom stereocenters. The van der Waals surface area contributed by atoms with Gasteiger partial charge in [-0.05, 0) is 89.9 Å². The third-order valence-corrected chi connectivity index (χ3v) is 7.97. The monoisotopic (exact) mass is 768 g/mol. The van der Waals surface area contributed by atoms with E-state index in [0.717, 1.165) is 89.9 Å². The molecule has 0 heterocycles. The summed E-state index contributed by atoms with van der Waals surface area (Å²) in [5.41, 5.74) is 0. The summed E-state index contributed by atoms with van der Waals surface area (Å²) >= 11 is 0. The van der Waals surface area contributed by atoms with Crippen LogP contribution in [0, 0.1) is 0 Å². The topological polar surface area (TPSA) is 119 Å². The van der Waals surface area contributed by atoms with Crippen molar-refractivity contribution in [2.24, 2.45) is 0 Å². The maximum atomic E-state index is 12.4. The van der Waals surface area contributed by atoms with Crippen molar-refractivity contribution in [1.29, 1.82) is 0 Å². The minimum Gasteiger partial charge on any atom is -0.462 e. The Hall–Kier alpha value is -3.55. The van der Waals surface area contributed by atoms with Gasteiger partial charge in [0.1, 0.15) is 6.61 Å². The Morgan fingerprint density at radius 3 is 1.30 bits per heavy atom. The van der Waals surface area contributed by atoms with E-state index in [9.17, 15) is 14.2 Å². The quantitative estimate of drug-likeness (QED) is 0.0287. The minimum atomic E-state index is -4.79. The first-order valence-electron chi connectivity index (χ1n) is 19.8. The third kappa shape index (κ3) is 41.2. The van der Waals surface area contributed by atoms with Crippen LogP contribution in [0.1, 0.15) is 129 Å². The van der Waals surface area contributed by atoms with Crippen LogP contribution in [0.15, 0.2) is 122 Å². The predicted molar refractivity (Wildman–Crippen MR) is 225 cm³/mol. The standard InChI is InChI=1S/C45H69O8P/c1-3-5-7-9-11-13-15-17-19-21-22-24-25-27-29-31-33-35-37-39-44(46)51-41-43(42-52-54(48,49)50)53-45(47)40-38-36-34-32-30-28-26-23-20-18-16-14-12-10-8-6-4-2/h5-8,11-14,17-20,22,24,26-29,33,35,43H,3-4,9-10,15-16,21,23,25,30-32,34,36-42H2,1-2H3,(H2,48,49,50)/b7-5-,8-6-,13-11-,14-12-,19-17-,20-18-,24-22-,28-26-,29-27-,35-33-/t43-/m1/s1. The molecular weight excluding hydrogens is 699 g/mol. The Balaban J connectivity index is 4.16. The van der Waals surface area contributed by atoms with Gasteiger partial charge in [-0.2, -0.15) is 0 Å². The highest BCUT2D eigenvalue weighted by atomic mass is 31.2. The van der Waals surface area contributed by atoms with Gasteiger partial charge in [0.2, 0.25) is 0 Å². The molecule has 0 radical (unpaired) electrons. The molecule has 0 amide bonds. The van der Waals surface area contributed by atoms with Crippen molar-refractivity contribution < 1.29 is 37.9 Å². The number of allylic oxidation sites excluding steroid dienone is 20. The number of rotatable bonds is 34. The van der Waals surface area contributed by atoms with E-state index >= 15 is 0 Å². The number of carbonyl (C=O) groups excluding carboxylic acids is 2. The molecule has 9 heteroatoms. The van der Waals surface area contributed by atoms with E-state index in [1.165, 1.54) is 0 Å². The van der Waals surface area contributed by atoms with Gasteiger partial charge in [-0.15, -0.1) is 0 Å². The zero-order valence-electron chi connectivity index (χ0n) is 33.1. The lowest BCUT2D eigenvalue weighted by atomic mass is 10.1. The molecule has 0 aliphatic carbocycles. The number of phosphoric ester groups is 1. The van der Waals surface area contributed by atoms with Gasteiger partial charge in [-0.25, -0.2) is 4.57 Å². The molecule has 0 aliphatic rings. The highest BCUT2D eigenvalue weighted by Gasteiger charge is 2.22. The van der Waals surface area contributed by atoms with Gasteiger partial charge in [0.05, 0.1) is 6.61 Å². The number of phosphoric acid groups is 1. The molecule has 0 aliphatic heterocycles. The molecule has 54 heavy (non-hydrogen) atoms. The number of carbonyl (C=O) groups is 2. The van der Waals surface area contributed by atoms with E-state index in [0.29, 0.717) is 12.8 Å². The number of unbranched alkanes of at least 4 members (excludes halogenated alkanes) is 4. The first-order valence-corrected chi connectivity index (χ1v) is 21.4. The SMILES string of the molecule is CC/C=C\C/C=C\C/C=C\C/C=C\C/C=C\C/C=C\CCC(=O)OC[C@H](COP(=O)(O)O)OC(=O)CCCCCC/C=C\C/C=C\C/C=C\C/C=C\CC. The highest BCUT2D eigenvalue weighted by Crippen LogP contribution is 2.35.